The molecule has 0 saturated carbocycles. The maximum absolute atomic E-state index is 3.90. The van der Waals surface area contributed by atoms with Gasteiger partial charge in [-0.05, 0) is 23.6 Å². The topological polar surface area (TPSA) is 12.9 Å². The van der Waals surface area contributed by atoms with Crippen LogP contribution in [0.5, 0.6) is 0 Å². The highest BCUT2D eigenvalue weighted by atomic mass is 79.9. The molecule has 0 bridgehead atoms. The molecule has 0 spiro atoms. The zero-order valence-electron chi connectivity index (χ0n) is 5.71. The van der Waals surface area contributed by atoms with Gasteiger partial charge in [-0.1, -0.05) is 22.0 Å². The summed E-state index contributed by atoms with van der Waals surface area (Å²) in [5.74, 6) is 0. The van der Waals surface area contributed by atoms with Crippen LogP contribution in [0.3, 0.4) is 0 Å². The molecule has 1 aromatic heterocycles. The molecular weight excluding hydrogens is 202 g/mol. The molecule has 0 amide bonds. The number of aromatic nitrogens is 1. The van der Waals surface area contributed by atoms with Crippen molar-refractivity contribution in [1.82, 2.24) is 4.98 Å². The first-order chi connectivity index (χ1) is 5.36. The lowest BCUT2D eigenvalue weighted by Crippen LogP contribution is -1.74. The third-order valence-corrected chi connectivity index (χ3v) is 2.02. The minimum atomic E-state index is 1.05. The van der Waals surface area contributed by atoms with E-state index in [9.17, 15) is 0 Å². The molecule has 0 fully saturated rings. The summed E-state index contributed by atoms with van der Waals surface area (Å²) in [6.07, 6.45) is 4.65. The standard InChI is InChI=1S/C9H5BrN/c10-9-2-1-8-6-11-4-3-7(8)5-9/h1-5H. The molecule has 0 aliphatic carbocycles. The Bertz CT molecular complexity index is 384. The largest absolute Gasteiger partial charge is 0.254 e. The second-order valence-electron chi connectivity index (χ2n) is 2.29. The van der Waals surface area contributed by atoms with Gasteiger partial charge in [0, 0.05) is 16.1 Å². The molecule has 1 nitrogen and oxygen atoms in total. The van der Waals surface area contributed by atoms with Gasteiger partial charge in [-0.2, -0.15) is 0 Å². The van der Waals surface area contributed by atoms with Gasteiger partial charge in [-0.25, -0.2) is 0 Å². The van der Waals surface area contributed by atoms with E-state index in [2.05, 4.69) is 27.1 Å². The average molecular weight is 207 g/mol. The van der Waals surface area contributed by atoms with E-state index in [1.165, 1.54) is 0 Å². The number of pyridine rings is 1. The van der Waals surface area contributed by atoms with Crippen molar-refractivity contribution >= 4 is 26.7 Å². The van der Waals surface area contributed by atoms with Crippen molar-refractivity contribution in [3.8, 4) is 0 Å². The van der Waals surface area contributed by atoms with Crippen molar-refractivity contribution in [2.75, 3.05) is 0 Å². The lowest BCUT2D eigenvalue weighted by atomic mass is 10.2. The van der Waals surface area contributed by atoms with Crippen LogP contribution in [0.25, 0.3) is 10.8 Å². The molecule has 0 N–H and O–H groups in total. The number of fused-ring (bicyclic) bond motifs is 1. The molecule has 1 radical (unpaired) electrons. The Morgan fingerprint density at radius 3 is 3.09 bits per heavy atom. The Kier molecular flexibility index (Phi) is 1.62. The van der Waals surface area contributed by atoms with E-state index in [1.54, 1.807) is 6.20 Å². The molecule has 1 heterocycles. The minimum Gasteiger partial charge on any atom is -0.254 e. The molecular formula is C9H5BrN. The fraction of sp³-hybridized carbons (Fsp3) is 0. The molecule has 11 heavy (non-hydrogen) atoms. The zero-order chi connectivity index (χ0) is 7.68. The predicted octanol–water partition coefficient (Wildman–Crippen LogP) is 2.80. The summed E-state index contributed by atoms with van der Waals surface area (Å²) in [7, 11) is 0. The predicted molar refractivity (Wildman–Crippen MR) is 48.3 cm³/mol. The summed E-state index contributed by atoms with van der Waals surface area (Å²) in [6, 6.07) is 8.00. The van der Waals surface area contributed by atoms with E-state index in [1.807, 2.05) is 24.3 Å². The van der Waals surface area contributed by atoms with Crippen LogP contribution in [-0.2, 0) is 0 Å². The SMILES string of the molecule is Brc1ccc2[c]nccc2c1. The Morgan fingerprint density at radius 2 is 2.18 bits per heavy atom. The van der Waals surface area contributed by atoms with Crippen molar-refractivity contribution < 1.29 is 0 Å². The molecule has 2 heteroatoms. The molecule has 0 aliphatic heterocycles. The van der Waals surface area contributed by atoms with E-state index < -0.39 is 0 Å². The summed E-state index contributed by atoms with van der Waals surface area (Å²) in [4.78, 5) is 3.90. The van der Waals surface area contributed by atoms with E-state index in [0.717, 1.165) is 15.2 Å². The van der Waals surface area contributed by atoms with Crippen LogP contribution in [0.4, 0.5) is 0 Å². The maximum Gasteiger partial charge on any atom is 0.0970 e. The maximum atomic E-state index is 3.90. The molecule has 0 unspecified atom stereocenters. The number of halogens is 1. The first-order valence-corrected chi connectivity index (χ1v) is 4.07. The van der Waals surface area contributed by atoms with Gasteiger partial charge in [0.15, 0.2) is 0 Å². The third-order valence-electron chi connectivity index (χ3n) is 1.53. The van der Waals surface area contributed by atoms with Crippen molar-refractivity contribution in [2.45, 2.75) is 0 Å². The fourth-order valence-corrected chi connectivity index (χ4v) is 1.38. The fourth-order valence-electron chi connectivity index (χ4n) is 0.998. The number of nitrogens with zero attached hydrogens (tertiary/aromatic N) is 1. The van der Waals surface area contributed by atoms with Gasteiger partial charge in [0.25, 0.3) is 0 Å². The van der Waals surface area contributed by atoms with Crippen LogP contribution < -0.4 is 0 Å². The number of hydrogen-bond donors (Lipinski definition) is 0. The van der Waals surface area contributed by atoms with Crippen LogP contribution in [0, 0.1) is 6.20 Å². The van der Waals surface area contributed by atoms with Gasteiger partial charge in [0.05, 0.1) is 6.20 Å². The summed E-state index contributed by atoms with van der Waals surface area (Å²) >= 11 is 3.40. The van der Waals surface area contributed by atoms with Crippen LogP contribution in [0.15, 0.2) is 34.9 Å². The summed E-state index contributed by atoms with van der Waals surface area (Å²) < 4.78 is 1.09. The Hall–Kier alpha value is -0.890. The van der Waals surface area contributed by atoms with Gasteiger partial charge < -0.3 is 0 Å². The van der Waals surface area contributed by atoms with Gasteiger partial charge in [-0.3, -0.25) is 4.98 Å². The van der Waals surface area contributed by atoms with Crippen LogP contribution >= 0.6 is 15.9 Å². The summed E-state index contributed by atoms with van der Waals surface area (Å²) in [5.41, 5.74) is 0. The number of rotatable bonds is 0. The minimum absolute atomic E-state index is 1.05. The molecule has 0 atom stereocenters. The summed E-state index contributed by atoms with van der Waals surface area (Å²) in [5, 5.41) is 2.21. The molecule has 53 valence electrons. The first-order valence-electron chi connectivity index (χ1n) is 3.28. The Balaban J connectivity index is 2.83. The molecule has 0 aliphatic rings. The average Bonchev–Trinajstić information content (AvgIpc) is 2.04. The Labute approximate surface area is 73.2 Å². The van der Waals surface area contributed by atoms with Gasteiger partial charge in [-0.15, -0.1) is 0 Å². The van der Waals surface area contributed by atoms with Crippen LogP contribution in [-0.4, -0.2) is 4.98 Å². The van der Waals surface area contributed by atoms with Crippen molar-refractivity contribution in [3.05, 3.63) is 41.1 Å². The van der Waals surface area contributed by atoms with Gasteiger partial charge in [0.2, 0.25) is 0 Å². The monoisotopic (exact) mass is 206 g/mol. The number of benzene rings is 1. The van der Waals surface area contributed by atoms with Gasteiger partial charge >= 0.3 is 0 Å². The zero-order valence-corrected chi connectivity index (χ0v) is 7.30. The van der Waals surface area contributed by atoms with Crippen molar-refractivity contribution in [2.24, 2.45) is 0 Å². The summed E-state index contributed by atoms with van der Waals surface area (Å²) in [6.45, 7) is 0. The quantitative estimate of drug-likeness (QED) is 0.647. The van der Waals surface area contributed by atoms with Gasteiger partial charge in [0.1, 0.15) is 0 Å². The first kappa shape index (κ1) is 6.80. The molecule has 1 aromatic carbocycles. The highest BCUT2D eigenvalue weighted by Gasteiger charge is 1.92. The third kappa shape index (κ3) is 1.26. The lowest BCUT2D eigenvalue weighted by molar-refractivity contribution is 1.35. The van der Waals surface area contributed by atoms with Crippen LogP contribution in [0.2, 0.25) is 0 Å². The molecule has 0 saturated heterocycles. The van der Waals surface area contributed by atoms with E-state index in [-0.39, 0.29) is 0 Å². The van der Waals surface area contributed by atoms with Crippen molar-refractivity contribution in [3.63, 3.8) is 0 Å². The normalized spacial score (nSPS) is 10.3. The number of hydrogen-bond acceptors (Lipinski definition) is 1. The van der Waals surface area contributed by atoms with Crippen LogP contribution in [0.1, 0.15) is 0 Å². The highest BCUT2D eigenvalue weighted by Crippen LogP contribution is 2.17. The lowest BCUT2D eigenvalue weighted by Gasteiger charge is -1.94. The Morgan fingerprint density at radius 1 is 1.27 bits per heavy atom. The van der Waals surface area contributed by atoms with E-state index in [0.29, 0.717) is 0 Å². The second kappa shape index (κ2) is 2.62. The van der Waals surface area contributed by atoms with E-state index in [4.69, 9.17) is 0 Å². The smallest absolute Gasteiger partial charge is 0.0970 e. The van der Waals surface area contributed by atoms with Crippen molar-refractivity contribution in [1.29, 1.82) is 0 Å². The highest BCUT2D eigenvalue weighted by molar-refractivity contribution is 9.10. The molecule has 2 aromatic rings. The second-order valence-corrected chi connectivity index (χ2v) is 3.20. The molecule has 2 rings (SSSR count). The van der Waals surface area contributed by atoms with E-state index >= 15 is 0 Å².